The van der Waals surface area contributed by atoms with Crippen LogP contribution in [0.4, 0.5) is 0 Å². The molecule has 1 heteroatoms. The summed E-state index contributed by atoms with van der Waals surface area (Å²) in [6, 6.07) is 0. The highest BCUT2D eigenvalue weighted by atomic mass is 14.6. The van der Waals surface area contributed by atoms with Crippen molar-refractivity contribution in [2.75, 3.05) is 7.05 Å². The largest absolute Gasteiger partial charge is 0.297 e. The molecule has 0 N–H and O–H groups in total. The molecule has 0 aliphatic heterocycles. The van der Waals surface area contributed by atoms with Gasteiger partial charge in [-0.25, -0.2) is 0 Å². The Hall–Kier alpha value is -0.590. The molecule has 0 rings (SSSR count). The molecule has 0 aromatic heterocycles. The third kappa shape index (κ3) is 4.77. The number of hydrogen-bond acceptors (Lipinski definition) is 1. The summed E-state index contributed by atoms with van der Waals surface area (Å²) in [6.07, 6.45) is 6.43. The number of rotatable bonds is 4. The lowest BCUT2D eigenvalue weighted by Gasteiger charge is -2.07. The molecule has 0 aliphatic carbocycles. The Labute approximate surface area is 70.2 Å². The molecule has 0 aliphatic rings. The average Bonchev–Trinajstić information content (AvgIpc) is 1.97. The number of hydrogen-bond donors (Lipinski definition) is 0. The van der Waals surface area contributed by atoms with Crippen LogP contribution in [0, 0.1) is 5.92 Å². The van der Waals surface area contributed by atoms with Crippen molar-refractivity contribution < 1.29 is 0 Å². The van der Waals surface area contributed by atoms with Crippen LogP contribution in [0.5, 0.6) is 0 Å². The first kappa shape index (κ1) is 10.4. The van der Waals surface area contributed by atoms with E-state index in [1.165, 1.54) is 18.4 Å². The van der Waals surface area contributed by atoms with E-state index in [2.05, 4.69) is 31.8 Å². The SMILES string of the molecule is CCC/C(=C\C=NC)C(C)C. The van der Waals surface area contributed by atoms with E-state index in [1.54, 1.807) is 7.05 Å². The Balaban J connectivity index is 4.08. The maximum Gasteiger partial charge on any atom is 0.0277 e. The van der Waals surface area contributed by atoms with Crippen molar-refractivity contribution >= 4 is 6.21 Å². The average molecular weight is 153 g/mol. The number of nitrogens with zero attached hydrogens (tertiary/aromatic N) is 1. The van der Waals surface area contributed by atoms with Crippen molar-refractivity contribution in [3.05, 3.63) is 11.6 Å². The summed E-state index contributed by atoms with van der Waals surface area (Å²) in [6.45, 7) is 6.66. The van der Waals surface area contributed by atoms with E-state index in [0.717, 1.165) is 0 Å². The molecule has 0 saturated carbocycles. The minimum Gasteiger partial charge on any atom is -0.297 e. The van der Waals surface area contributed by atoms with E-state index < -0.39 is 0 Å². The van der Waals surface area contributed by atoms with Crippen molar-refractivity contribution in [2.24, 2.45) is 10.9 Å². The molecule has 0 atom stereocenters. The Kier molecular flexibility index (Phi) is 5.81. The molecule has 1 nitrogen and oxygen atoms in total. The first-order valence-electron chi connectivity index (χ1n) is 4.33. The second kappa shape index (κ2) is 6.14. The molecule has 0 saturated heterocycles. The van der Waals surface area contributed by atoms with Crippen LogP contribution in [0.15, 0.2) is 16.6 Å². The van der Waals surface area contributed by atoms with Gasteiger partial charge in [0.2, 0.25) is 0 Å². The molecule has 0 amide bonds. The van der Waals surface area contributed by atoms with E-state index in [1.807, 2.05) is 6.21 Å². The second-order valence-corrected chi connectivity index (χ2v) is 3.05. The van der Waals surface area contributed by atoms with Crippen LogP contribution in [-0.4, -0.2) is 13.3 Å². The molecule has 0 fully saturated rings. The van der Waals surface area contributed by atoms with Gasteiger partial charge in [-0.2, -0.15) is 0 Å². The predicted octanol–water partition coefficient (Wildman–Crippen LogP) is 3.07. The third-order valence-electron chi connectivity index (χ3n) is 1.72. The Morgan fingerprint density at radius 1 is 1.45 bits per heavy atom. The Morgan fingerprint density at radius 2 is 2.09 bits per heavy atom. The summed E-state index contributed by atoms with van der Waals surface area (Å²) in [5, 5.41) is 0. The normalized spacial score (nSPS) is 13.4. The highest BCUT2D eigenvalue weighted by Gasteiger charge is 1.99. The first-order chi connectivity index (χ1) is 5.22. The fourth-order valence-corrected chi connectivity index (χ4v) is 1.02. The predicted molar refractivity (Wildman–Crippen MR) is 52.2 cm³/mol. The lowest BCUT2D eigenvalue weighted by molar-refractivity contribution is 0.703. The molecule has 64 valence electrons. The molecule has 0 spiro atoms. The zero-order chi connectivity index (χ0) is 8.69. The van der Waals surface area contributed by atoms with Crippen molar-refractivity contribution in [3.63, 3.8) is 0 Å². The van der Waals surface area contributed by atoms with Gasteiger partial charge in [0.15, 0.2) is 0 Å². The van der Waals surface area contributed by atoms with Crippen molar-refractivity contribution in [1.29, 1.82) is 0 Å². The Morgan fingerprint density at radius 3 is 2.45 bits per heavy atom. The summed E-state index contributed by atoms with van der Waals surface area (Å²) in [5.74, 6) is 0.660. The van der Waals surface area contributed by atoms with Crippen LogP contribution in [0.2, 0.25) is 0 Å². The van der Waals surface area contributed by atoms with Crippen LogP contribution in [0.3, 0.4) is 0 Å². The van der Waals surface area contributed by atoms with Crippen molar-refractivity contribution in [2.45, 2.75) is 33.6 Å². The lowest BCUT2D eigenvalue weighted by Crippen LogP contribution is -1.93. The summed E-state index contributed by atoms with van der Waals surface area (Å²) in [7, 11) is 1.81. The van der Waals surface area contributed by atoms with Crippen LogP contribution in [-0.2, 0) is 0 Å². The lowest BCUT2D eigenvalue weighted by atomic mass is 9.99. The summed E-state index contributed by atoms with van der Waals surface area (Å²) < 4.78 is 0. The van der Waals surface area contributed by atoms with Gasteiger partial charge in [-0.1, -0.05) is 32.8 Å². The van der Waals surface area contributed by atoms with Crippen molar-refractivity contribution in [1.82, 2.24) is 0 Å². The smallest absolute Gasteiger partial charge is 0.0277 e. The topological polar surface area (TPSA) is 12.4 Å². The van der Waals surface area contributed by atoms with Gasteiger partial charge in [0, 0.05) is 13.3 Å². The molecule has 0 aromatic carbocycles. The van der Waals surface area contributed by atoms with Gasteiger partial charge in [0.25, 0.3) is 0 Å². The summed E-state index contributed by atoms with van der Waals surface area (Å²) >= 11 is 0. The molecular formula is C10H19N. The van der Waals surface area contributed by atoms with Gasteiger partial charge < -0.3 is 0 Å². The Bertz CT molecular complexity index is 143. The first-order valence-corrected chi connectivity index (χ1v) is 4.33. The van der Waals surface area contributed by atoms with Gasteiger partial charge in [-0.15, -0.1) is 0 Å². The van der Waals surface area contributed by atoms with Crippen LogP contribution in [0.1, 0.15) is 33.6 Å². The van der Waals surface area contributed by atoms with E-state index in [0.29, 0.717) is 5.92 Å². The van der Waals surface area contributed by atoms with E-state index in [9.17, 15) is 0 Å². The summed E-state index contributed by atoms with van der Waals surface area (Å²) in [4.78, 5) is 3.94. The fraction of sp³-hybridized carbons (Fsp3) is 0.700. The molecule has 0 heterocycles. The van der Waals surface area contributed by atoms with Gasteiger partial charge in [0.1, 0.15) is 0 Å². The maximum absolute atomic E-state index is 3.94. The second-order valence-electron chi connectivity index (χ2n) is 3.05. The minimum atomic E-state index is 0.660. The zero-order valence-corrected chi connectivity index (χ0v) is 8.09. The van der Waals surface area contributed by atoms with E-state index in [4.69, 9.17) is 0 Å². The fourth-order valence-electron chi connectivity index (χ4n) is 1.02. The molecule has 0 bridgehead atoms. The third-order valence-corrected chi connectivity index (χ3v) is 1.72. The minimum absolute atomic E-state index is 0.660. The zero-order valence-electron chi connectivity index (χ0n) is 8.09. The summed E-state index contributed by atoms with van der Waals surface area (Å²) in [5.41, 5.74) is 1.50. The van der Waals surface area contributed by atoms with Gasteiger partial charge in [-0.05, 0) is 18.4 Å². The highest BCUT2D eigenvalue weighted by molar-refractivity contribution is 5.72. The van der Waals surface area contributed by atoms with Crippen molar-refractivity contribution in [3.8, 4) is 0 Å². The van der Waals surface area contributed by atoms with Crippen LogP contribution in [0.25, 0.3) is 0 Å². The van der Waals surface area contributed by atoms with Gasteiger partial charge in [0.05, 0.1) is 0 Å². The van der Waals surface area contributed by atoms with Gasteiger partial charge in [-0.3, -0.25) is 4.99 Å². The monoisotopic (exact) mass is 153 g/mol. The van der Waals surface area contributed by atoms with Gasteiger partial charge >= 0.3 is 0 Å². The standard InChI is InChI=1S/C10H19N/c1-5-6-10(9(2)3)7-8-11-4/h7-9H,5-6H2,1-4H3/b10-7+,11-8?. The molecular weight excluding hydrogens is 134 g/mol. The quantitative estimate of drug-likeness (QED) is 0.550. The highest BCUT2D eigenvalue weighted by Crippen LogP contribution is 2.14. The van der Waals surface area contributed by atoms with E-state index in [-0.39, 0.29) is 0 Å². The van der Waals surface area contributed by atoms with Crippen LogP contribution >= 0.6 is 0 Å². The molecule has 0 unspecified atom stereocenters. The number of allylic oxidation sites excluding steroid dienone is 2. The maximum atomic E-state index is 3.94. The van der Waals surface area contributed by atoms with E-state index >= 15 is 0 Å². The molecule has 0 radical (unpaired) electrons. The molecule has 11 heavy (non-hydrogen) atoms. The van der Waals surface area contributed by atoms with Crippen LogP contribution < -0.4 is 0 Å². The number of aliphatic imine (C=N–C) groups is 1. The molecule has 0 aromatic rings.